The van der Waals surface area contributed by atoms with Crippen molar-refractivity contribution >= 4 is 17.4 Å². The maximum absolute atomic E-state index is 9.91. The van der Waals surface area contributed by atoms with E-state index in [0.717, 1.165) is 5.56 Å². The van der Waals surface area contributed by atoms with Crippen LogP contribution in [0.25, 0.3) is 0 Å². The Hall–Kier alpha value is -1.65. The summed E-state index contributed by atoms with van der Waals surface area (Å²) in [5.41, 5.74) is 0.861. The molecule has 0 fully saturated rings. The van der Waals surface area contributed by atoms with Gasteiger partial charge in [0.15, 0.2) is 0 Å². The Balaban J connectivity index is 1.95. The van der Waals surface area contributed by atoms with Crippen molar-refractivity contribution in [3.8, 4) is 0 Å². The number of aromatic nitrogens is 2. The maximum Gasteiger partial charge on any atom is 0.224 e. The smallest absolute Gasteiger partial charge is 0.224 e. The lowest BCUT2D eigenvalue weighted by molar-refractivity contribution is 0.191. The molecule has 1 atom stereocenters. The van der Waals surface area contributed by atoms with E-state index >= 15 is 0 Å². The van der Waals surface area contributed by atoms with E-state index in [1.54, 1.807) is 12.3 Å². The highest BCUT2D eigenvalue weighted by Crippen LogP contribution is 2.13. The highest BCUT2D eigenvalue weighted by atomic mass is 35.5. The van der Waals surface area contributed by atoms with Crippen LogP contribution in [-0.4, -0.2) is 21.6 Å². The number of halogens is 1. The summed E-state index contributed by atoms with van der Waals surface area (Å²) >= 11 is 5.65. The van der Waals surface area contributed by atoms with Gasteiger partial charge in [-0.15, -0.1) is 0 Å². The van der Waals surface area contributed by atoms with Crippen LogP contribution in [0.1, 0.15) is 11.7 Å². The second-order valence-electron chi connectivity index (χ2n) is 3.52. The maximum atomic E-state index is 9.91. The summed E-state index contributed by atoms with van der Waals surface area (Å²) in [7, 11) is 0. The summed E-state index contributed by atoms with van der Waals surface area (Å²) in [4.78, 5) is 7.75. The van der Waals surface area contributed by atoms with Crippen LogP contribution in [-0.2, 0) is 0 Å². The molecule has 0 saturated heterocycles. The molecule has 17 heavy (non-hydrogen) atoms. The second-order valence-corrected chi connectivity index (χ2v) is 3.86. The van der Waals surface area contributed by atoms with Gasteiger partial charge in [-0.2, -0.15) is 0 Å². The molecule has 2 rings (SSSR count). The van der Waals surface area contributed by atoms with Gasteiger partial charge < -0.3 is 10.4 Å². The van der Waals surface area contributed by atoms with E-state index in [1.807, 2.05) is 30.3 Å². The van der Waals surface area contributed by atoms with Crippen molar-refractivity contribution in [3.05, 3.63) is 53.4 Å². The monoisotopic (exact) mass is 249 g/mol. The highest BCUT2D eigenvalue weighted by Gasteiger charge is 2.06. The minimum atomic E-state index is -0.579. The van der Waals surface area contributed by atoms with Crippen molar-refractivity contribution in [2.24, 2.45) is 0 Å². The van der Waals surface area contributed by atoms with Crippen LogP contribution >= 0.6 is 11.6 Å². The van der Waals surface area contributed by atoms with Crippen molar-refractivity contribution in [2.75, 3.05) is 11.9 Å². The van der Waals surface area contributed by atoms with Gasteiger partial charge in [-0.1, -0.05) is 30.3 Å². The molecule has 0 spiro atoms. The lowest BCUT2D eigenvalue weighted by Crippen LogP contribution is -2.12. The topological polar surface area (TPSA) is 58.0 Å². The molecule has 2 N–H and O–H groups in total. The van der Waals surface area contributed by atoms with Gasteiger partial charge in [-0.3, -0.25) is 0 Å². The number of aliphatic hydroxyl groups is 1. The number of hydrogen-bond donors (Lipinski definition) is 2. The van der Waals surface area contributed by atoms with Gasteiger partial charge in [0, 0.05) is 12.7 Å². The fourth-order valence-corrected chi connectivity index (χ4v) is 1.58. The first kappa shape index (κ1) is 11.8. The number of aliphatic hydroxyl groups excluding tert-OH is 1. The molecule has 1 aromatic carbocycles. The lowest BCUT2D eigenvalue weighted by Gasteiger charge is -2.12. The summed E-state index contributed by atoms with van der Waals surface area (Å²) in [6.45, 7) is 0.372. The second kappa shape index (κ2) is 5.61. The molecule has 4 nitrogen and oxygen atoms in total. The molecule has 1 aromatic heterocycles. The SMILES string of the molecule is OC(CNc1ccnc(Cl)n1)c1ccccc1. The zero-order valence-corrected chi connectivity index (χ0v) is 9.80. The van der Waals surface area contributed by atoms with Crippen molar-refractivity contribution in [1.82, 2.24) is 9.97 Å². The van der Waals surface area contributed by atoms with E-state index < -0.39 is 6.10 Å². The molecule has 0 bridgehead atoms. The van der Waals surface area contributed by atoms with Crippen molar-refractivity contribution in [3.63, 3.8) is 0 Å². The Morgan fingerprint density at radius 2 is 2.00 bits per heavy atom. The summed E-state index contributed by atoms with van der Waals surface area (Å²) in [6.07, 6.45) is 0.983. The minimum absolute atomic E-state index is 0.184. The first-order valence-electron chi connectivity index (χ1n) is 5.21. The van der Waals surface area contributed by atoms with Crippen molar-refractivity contribution < 1.29 is 5.11 Å². The quantitative estimate of drug-likeness (QED) is 0.817. The van der Waals surface area contributed by atoms with Crippen LogP contribution in [0.5, 0.6) is 0 Å². The van der Waals surface area contributed by atoms with Crippen LogP contribution in [0.15, 0.2) is 42.6 Å². The predicted molar refractivity (Wildman–Crippen MR) is 66.9 cm³/mol. The highest BCUT2D eigenvalue weighted by molar-refractivity contribution is 6.28. The Kier molecular flexibility index (Phi) is 3.90. The lowest BCUT2D eigenvalue weighted by atomic mass is 10.1. The van der Waals surface area contributed by atoms with E-state index in [-0.39, 0.29) is 5.28 Å². The van der Waals surface area contributed by atoms with Crippen LogP contribution in [0.2, 0.25) is 5.28 Å². The zero-order valence-electron chi connectivity index (χ0n) is 9.05. The normalized spacial score (nSPS) is 12.1. The molecule has 0 aliphatic heterocycles. The minimum Gasteiger partial charge on any atom is -0.387 e. The summed E-state index contributed by atoms with van der Waals surface area (Å²) in [5.74, 6) is 0.597. The molecule has 0 aliphatic carbocycles. The van der Waals surface area contributed by atoms with Gasteiger partial charge in [-0.05, 0) is 23.2 Å². The number of anilines is 1. The first-order valence-corrected chi connectivity index (χ1v) is 5.59. The van der Waals surface area contributed by atoms with Crippen LogP contribution in [0.3, 0.4) is 0 Å². The largest absolute Gasteiger partial charge is 0.387 e. The van der Waals surface area contributed by atoms with Crippen LogP contribution in [0, 0.1) is 0 Å². The third-order valence-corrected chi connectivity index (χ3v) is 2.47. The van der Waals surface area contributed by atoms with Crippen molar-refractivity contribution in [2.45, 2.75) is 6.10 Å². The fourth-order valence-electron chi connectivity index (χ4n) is 1.43. The summed E-state index contributed by atoms with van der Waals surface area (Å²) < 4.78 is 0. The summed E-state index contributed by atoms with van der Waals surface area (Å²) in [5, 5.41) is 13.1. The van der Waals surface area contributed by atoms with E-state index in [4.69, 9.17) is 11.6 Å². The molecule has 1 heterocycles. The summed E-state index contributed by atoms with van der Waals surface area (Å²) in [6, 6.07) is 11.1. The van der Waals surface area contributed by atoms with E-state index in [0.29, 0.717) is 12.4 Å². The van der Waals surface area contributed by atoms with E-state index in [1.165, 1.54) is 0 Å². The van der Waals surface area contributed by atoms with Crippen molar-refractivity contribution in [1.29, 1.82) is 0 Å². The predicted octanol–water partition coefficient (Wildman–Crippen LogP) is 2.28. The Bertz CT molecular complexity index is 478. The van der Waals surface area contributed by atoms with E-state index in [2.05, 4.69) is 15.3 Å². The number of benzene rings is 1. The first-order chi connectivity index (χ1) is 8.25. The standard InChI is InChI=1S/C12H12ClN3O/c13-12-14-7-6-11(16-12)15-8-10(17)9-4-2-1-3-5-9/h1-7,10,17H,8H2,(H,14,15,16). The molecule has 0 aliphatic rings. The van der Waals surface area contributed by atoms with Gasteiger partial charge in [-0.25, -0.2) is 9.97 Å². The number of hydrogen-bond acceptors (Lipinski definition) is 4. The molecule has 1 unspecified atom stereocenters. The van der Waals surface area contributed by atoms with Gasteiger partial charge in [0.2, 0.25) is 5.28 Å². The average molecular weight is 250 g/mol. The fraction of sp³-hybridized carbons (Fsp3) is 0.167. The molecule has 88 valence electrons. The Morgan fingerprint density at radius 3 is 2.71 bits per heavy atom. The Morgan fingerprint density at radius 1 is 1.24 bits per heavy atom. The molecule has 2 aromatic rings. The number of rotatable bonds is 4. The third kappa shape index (κ3) is 3.41. The van der Waals surface area contributed by atoms with Gasteiger partial charge in [0.05, 0.1) is 6.10 Å². The van der Waals surface area contributed by atoms with Crippen LogP contribution < -0.4 is 5.32 Å². The number of nitrogens with one attached hydrogen (secondary N) is 1. The Labute approximate surface area is 104 Å². The zero-order chi connectivity index (χ0) is 12.1. The molecule has 0 amide bonds. The average Bonchev–Trinajstić information content (AvgIpc) is 2.37. The van der Waals surface area contributed by atoms with Gasteiger partial charge >= 0.3 is 0 Å². The molecular formula is C12H12ClN3O. The third-order valence-electron chi connectivity index (χ3n) is 2.29. The van der Waals surface area contributed by atoms with E-state index in [9.17, 15) is 5.11 Å². The molecular weight excluding hydrogens is 238 g/mol. The van der Waals surface area contributed by atoms with Gasteiger partial charge in [0.25, 0.3) is 0 Å². The number of nitrogens with zero attached hydrogens (tertiary/aromatic N) is 2. The van der Waals surface area contributed by atoms with Crippen LogP contribution in [0.4, 0.5) is 5.82 Å². The molecule has 0 radical (unpaired) electrons. The molecule has 0 saturated carbocycles. The van der Waals surface area contributed by atoms with Gasteiger partial charge in [0.1, 0.15) is 5.82 Å². The molecule has 5 heteroatoms.